The van der Waals surface area contributed by atoms with Crippen LogP contribution < -0.4 is 5.32 Å². The summed E-state index contributed by atoms with van der Waals surface area (Å²) in [6.07, 6.45) is 6.88. The third kappa shape index (κ3) is 2.98. The average molecular weight is 224 g/mol. The lowest BCUT2D eigenvalue weighted by molar-refractivity contribution is 0.0750. The van der Waals surface area contributed by atoms with Gasteiger partial charge in [-0.2, -0.15) is 0 Å². The Labute approximate surface area is 101 Å². The van der Waals surface area contributed by atoms with Crippen molar-refractivity contribution in [1.82, 2.24) is 10.2 Å². The van der Waals surface area contributed by atoms with Gasteiger partial charge >= 0.3 is 0 Å². The number of hydrogen-bond donors (Lipinski definition) is 1. The molecule has 2 atom stereocenters. The molecule has 0 aromatic heterocycles. The lowest BCUT2D eigenvalue weighted by Gasteiger charge is -2.46. The first kappa shape index (κ1) is 12.4. The molecule has 0 bridgehead atoms. The van der Waals surface area contributed by atoms with Crippen LogP contribution in [0.15, 0.2) is 0 Å². The molecular formula is C14H28N2. The molecule has 2 unspecified atom stereocenters. The van der Waals surface area contributed by atoms with Crippen molar-refractivity contribution in [2.45, 2.75) is 64.5 Å². The quantitative estimate of drug-likeness (QED) is 0.772. The fourth-order valence-corrected chi connectivity index (χ4v) is 2.83. The van der Waals surface area contributed by atoms with E-state index >= 15 is 0 Å². The lowest BCUT2D eigenvalue weighted by Crippen LogP contribution is -2.62. The molecular weight excluding hydrogens is 196 g/mol. The second-order valence-electron chi connectivity index (χ2n) is 6.11. The molecule has 1 N–H and O–H groups in total. The van der Waals surface area contributed by atoms with Gasteiger partial charge in [-0.25, -0.2) is 0 Å². The zero-order valence-corrected chi connectivity index (χ0v) is 11.3. The molecule has 1 heterocycles. The average Bonchev–Trinajstić information content (AvgIpc) is 3.07. The summed E-state index contributed by atoms with van der Waals surface area (Å²) in [7, 11) is 0. The fraction of sp³-hybridized carbons (Fsp3) is 1.00. The number of nitrogens with zero attached hydrogens (tertiary/aromatic N) is 1. The van der Waals surface area contributed by atoms with Gasteiger partial charge in [0.05, 0.1) is 0 Å². The van der Waals surface area contributed by atoms with Crippen LogP contribution in [0.3, 0.4) is 0 Å². The van der Waals surface area contributed by atoms with Gasteiger partial charge in [0.2, 0.25) is 0 Å². The van der Waals surface area contributed by atoms with Gasteiger partial charge in [-0.05, 0) is 38.5 Å². The normalized spacial score (nSPS) is 36.6. The Morgan fingerprint density at radius 2 is 2.06 bits per heavy atom. The van der Waals surface area contributed by atoms with Gasteiger partial charge in [0.15, 0.2) is 0 Å². The van der Waals surface area contributed by atoms with E-state index in [9.17, 15) is 0 Å². The number of rotatable bonds is 5. The summed E-state index contributed by atoms with van der Waals surface area (Å²) in [5, 5.41) is 3.76. The second-order valence-corrected chi connectivity index (χ2v) is 6.11. The highest BCUT2D eigenvalue weighted by Gasteiger charge is 2.36. The zero-order valence-electron chi connectivity index (χ0n) is 11.3. The fourth-order valence-electron chi connectivity index (χ4n) is 2.83. The monoisotopic (exact) mass is 224 g/mol. The van der Waals surface area contributed by atoms with Crippen LogP contribution in [0.4, 0.5) is 0 Å². The largest absolute Gasteiger partial charge is 0.309 e. The maximum atomic E-state index is 3.76. The minimum Gasteiger partial charge on any atom is -0.309 e. The summed E-state index contributed by atoms with van der Waals surface area (Å²) < 4.78 is 0. The predicted molar refractivity (Wildman–Crippen MR) is 69.7 cm³/mol. The molecule has 0 spiro atoms. The van der Waals surface area contributed by atoms with Crippen LogP contribution in [0.25, 0.3) is 0 Å². The second kappa shape index (κ2) is 5.05. The van der Waals surface area contributed by atoms with E-state index in [0.29, 0.717) is 5.54 Å². The molecule has 0 radical (unpaired) electrons. The Morgan fingerprint density at radius 3 is 2.62 bits per heavy atom. The van der Waals surface area contributed by atoms with E-state index in [2.05, 4.69) is 31.0 Å². The smallest absolute Gasteiger partial charge is 0.0278 e. The molecule has 2 heteroatoms. The van der Waals surface area contributed by atoms with Crippen LogP contribution in [0.2, 0.25) is 0 Å². The molecule has 16 heavy (non-hydrogen) atoms. The van der Waals surface area contributed by atoms with Crippen LogP contribution in [-0.4, -0.2) is 36.1 Å². The van der Waals surface area contributed by atoms with Crippen LogP contribution in [-0.2, 0) is 0 Å². The Morgan fingerprint density at radius 1 is 1.31 bits per heavy atom. The van der Waals surface area contributed by atoms with E-state index in [4.69, 9.17) is 0 Å². The lowest BCUT2D eigenvalue weighted by atomic mass is 9.92. The van der Waals surface area contributed by atoms with Gasteiger partial charge in [-0.15, -0.1) is 0 Å². The minimum atomic E-state index is 0.360. The van der Waals surface area contributed by atoms with Crippen molar-refractivity contribution in [2.75, 3.05) is 19.6 Å². The Bertz CT molecular complexity index is 225. The first-order valence-corrected chi connectivity index (χ1v) is 7.16. The molecule has 1 aliphatic carbocycles. The van der Waals surface area contributed by atoms with E-state index in [-0.39, 0.29) is 0 Å². The van der Waals surface area contributed by atoms with E-state index in [1.54, 1.807) is 0 Å². The highest BCUT2D eigenvalue weighted by molar-refractivity contribution is 4.95. The van der Waals surface area contributed by atoms with Crippen molar-refractivity contribution >= 4 is 0 Å². The van der Waals surface area contributed by atoms with Gasteiger partial charge in [-0.3, -0.25) is 4.90 Å². The van der Waals surface area contributed by atoms with Crippen molar-refractivity contribution in [3.05, 3.63) is 0 Å². The van der Waals surface area contributed by atoms with E-state index in [1.807, 2.05) is 0 Å². The topological polar surface area (TPSA) is 15.3 Å². The van der Waals surface area contributed by atoms with E-state index in [1.165, 1.54) is 51.7 Å². The maximum absolute atomic E-state index is 3.76. The van der Waals surface area contributed by atoms with Crippen LogP contribution in [0, 0.1) is 5.92 Å². The summed E-state index contributed by atoms with van der Waals surface area (Å²) in [5.74, 6) is 1.03. The van der Waals surface area contributed by atoms with Crippen LogP contribution >= 0.6 is 0 Å². The Balaban J connectivity index is 1.93. The first-order chi connectivity index (χ1) is 7.67. The number of piperazine rings is 1. The molecule has 1 saturated heterocycles. The molecule has 0 aromatic rings. The summed E-state index contributed by atoms with van der Waals surface area (Å²) >= 11 is 0. The molecule has 2 rings (SSSR count). The van der Waals surface area contributed by atoms with Crippen molar-refractivity contribution in [3.63, 3.8) is 0 Å². The number of nitrogens with one attached hydrogen (secondary N) is 1. The molecule has 2 nitrogen and oxygen atoms in total. The van der Waals surface area contributed by atoms with Crippen LogP contribution in [0.5, 0.6) is 0 Å². The maximum Gasteiger partial charge on any atom is 0.0278 e. The number of hydrogen-bond acceptors (Lipinski definition) is 2. The summed E-state index contributed by atoms with van der Waals surface area (Å²) in [6.45, 7) is 10.8. The summed E-state index contributed by atoms with van der Waals surface area (Å²) in [4.78, 5) is 2.78. The van der Waals surface area contributed by atoms with Gasteiger partial charge in [0, 0.05) is 31.2 Å². The third-order valence-electron chi connectivity index (χ3n) is 4.42. The van der Waals surface area contributed by atoms with Gasteiger partial charge < -0.3 is 5.32 Å². The van der Waals surface area contributed by atoms with Gasteiger partial charge in [0.25, 0.3) is 0 Å². The molecule has 2 fully saturated rings. The highest BCUT2D eigenvalue weighted by Crippen LogP contribution is 2.32. The SMILES string of the molecule is CCCC1CNC(C)(CC)CN1CC1CC1. The predicted octanol–water partition coefficient (Wildman–Crippen LogP) is 2.64. The van der Waals surface area contributed by atoms with E-state index in [0.717, 1.165) is 12.0 Å². The molecule has 0 amide bonds. The van der Waals surface area contributed by atoms with Crippen molar-refractivity contribution in [3.8, 4) is 0 Å². The summed E-state index contributed by atoms with van der Waals surface area (Å²) in [5.41, 5.74) is 0.360. The first-order valence-electron chi connectivity index (χ1n) is 7.16. The van der Waals surface area contributed by atoms with Gasteiger partial charge in [0.1, 0.15) is 0 Å². The molecule has 1 saturated carbocycles. The highest BCUT2D eigenvalue weighted by atomic mass is 15.3. The molecule has 94 valence electrons. The van der Waals surface area contributed by atoms with Crippen molar-refractivity contribution in [2.24, 2.45) is 5.92 Å². The van der Waals surface area contributed by atoms with Crippen LogP contribution in [0.1, 0.15) is 52.9 Å². The van der Waals surface area contributed by atoms with E-state index < -0.39 is 0 Å². The summed E-state index contributed by atoms with van der Waals surface area (Å²) in [6, 6.07) is 0.797. The van der Waals surface area contributed by atoms with Crippen molar-refractivity contribution < 1.29 is 0 Å². The Kier molecular flexibility index (Phi) is 3.91. The third-order valence-corrected chi connectivity index (χ3v) is 4.42. The zero-order chi connectivity index (χ0) is 11.6. The Hall–Kier alpha value is -0.0800. The molecule has 0 aromatic carbocycles. The minimum absolute atomic E-state index is 0.360. The van der Waals surface area contributed by atoms with Gasteiger partial charge in [-0.1, -0.05) is 20.3 Å². The van der Waals surface area contributed by atoms with Crippen molar-refractivity contribution in [1.29, 1.82) is 0 Å². The molecule has 2 aliphatic rings. The standard InChI is InChI=1S/C14H28N2/c1-4-6-13-9-15-14(3,5-2)11-16(13)10-12-7-8-12/h12-13,15H,4-11H2,1-3H3. The molecule has 1 aliphatic heterocycles.